The van der Waals surface area contributed by atoms with E-state index in [0.29, 0.717) is 11.3 Å². The van der Waals surface area contributed by atoms with Gasteiger partial charge in [-0.1, -0.05) is 30.3 Å². The van der Waals surface area contributed by atoms with Crippen LogP contribution in [0.5, 0.6) is 5.75 Å². The van der Waals surface area contributed by atoms with Crippen LogP contribution in [0.15, 0.2) is 59.8 Å². The molecule has 2 aromatic carbocycles. The van der Waals surface area contributed by atoms with E-state index in [4.69, 9.17) is 4.74 Å². The fourth-order valence-corrected chi connectivity index (χ4v) is 2.69. The van der Waals surface area contributed by atoms with Gasteiger partial charge in [-0.25, -0.2) is 5.43 Å². The number of hydrazone groups is 1. The molecule has 1 heterocycles. The highest BCUT2D eigenvalue weighted by Gasteiger charge is 2.10. The van der Waals surface area contributed by atoms with E-state index in [-0.39, 0.29) is 5.91 Å². The van der Waals surface area contributed by atoms with Crippen molar-refractivity contribution in [2.75, 3.05) is 7.11 Å². The number of nitrogens with one attached hydrogen (secondary N) is 1. The molecule has 0 saturated carbocycles. The highest BCUT2D eigenvalue weighted by atomic mass is 16.5. The van der Waals surface area contributed by atoms with Gasteiger partial charge in [0, 0.05) is 29.2 Å². The predicted molar refractivity (Wildman–Crippen MR) is 95.7 cm³/mol. The lowest BCUT2D eigenvalue weighted by molar-refractivity contribution is 0.0952. The van der Waals surface area contributed by atoms with Crippen molar-refractivity contribution in [3.8, 4) is 5.75 Å². The summed E-state index contributed by atoms with van der Waals surface area (Å²) in [5.41, 5.74) is 5.12. The maximum Gasteiger partial charge on any atom is 0.275 e. The number of nitrogens with zero attached hydrogens (tertiary/aromatic N) is 2. The molecule has 0 aliphatic heterocycles. The fourth-order valence-electron chi connectivity index (χ4n) is 2.69. The zero-order valence-electron chi connectivity index (χ0n) is 13.7. The Hall–Kier alpha value is -3.08. The van der Waals surface area contributed by atoms with E-state index in [2.05, 4.69) is 28.1 Å². The molecule has 0 unspecified atom stereocenters. The van der Waals surface area contributed by atoms with Gasteiger partial charge in [-0.2, -0.15) is 5.10 Å². The van der Waals surface area contributed by atoms with Crippen molar-refractivity contribution in [2.24, 2.45) is 5.10 Å². The Morgan fingerprint density at radius 2 is 1.96 bits per heavy atom. The van der Waals surface area contributed by atoms with Crippen LogP contribution in [0.4, 0.5) is 0 Å². The molecule has 0 radical (unpaired) electrons. The molecule has 5 nitrogen and oxygen atoms in total. The molecule has 0 saturated heterocycles. The number of benzene rings is 2. The quantitative estimate of drug-likeness (QED) is 0.578. The predicted octanol–water partition coefficient (Wildman–Crippen LogP) is 3.43. The minimum Gasteiger partial charge on any atom is -0.496 e. The zero-order valence-corrected chi connectivity index (χ0v) is 13.7. The molecule has 0 spiro atoms. The zero-order chi connectivity index (χ0) is 16.9. The molecule has 1 N–H and O–H groups in total. The molecule has 0 bridgehead atoms. The van der Waals surface area contributed by atoms with E-state index in [0.717, 1.165) is 23.0 Å². The van der Waals surface area contributed by atoms with Gasteiger partial charge in [-0.05, 0) is 25.1 Å². The second-order valence-corrected chi connectivity index (χ2v) is 5.29. The summed E-state index contributed by atoms with van der Waals surface area (Å²) < 4.78 is 7.34. The van der Waals surface area contributed by atoms with E-state index in [1.54, 1.807) is 24.4 Å². The molecular weight excluding hydrogens is 302 g/mol. The van der Waals surface area contributed by atoms with Crippen LogP contribution in [0.3, 0.4) is 0 Å². The monoisotopic (exact) mass is 321 g/mol. The molecule has 0 aliphatic carbocycles. The van der Waals surface area contributed by atoms with Crippen molar-refractivity contribution < 1.29 is 9.53 Å². The maximum absolute atomic E-state index is 12.2. The van der Waals surface area contributed by atoms with Crippen LogP contribution < -0.4 is 10.2 Å². The summed E-state index contributed by atoms with van der Waals surface area (Å²) in [5.74, 6) is 0.218. The molecule has 0 atom stereocenters. The lowest BCUT2D eigenvalue weighted by Crippen LogP contribution is -2.18. The summed E-state index contributed by atoms with van der Waals surface area (Å²) >= 11 is 0. The van der Waals surface area contributed by atoms with Crippen molar-refractivity contribution in [2.45, 2.75) is 13.5 Å². The van der Waals surface area contributed by atoms with Crippen LogP contribution in [0.1, 0.15) is 22.8 Å². The number of ether oxygens (including phenoxy) is 1. The van der Waals surface area contributed by atoms with Crippen LogP contribution in [-0.2, 0) is 6.54 Å². The molecule has 0 fully saturated rings. The summed E-state index contributed by atoms with van der Waals surface area (Å²) in [6.45, 7) is 2.97. The van der Waals surface area contributed by atoms with Crippen LogP contribution in [0.25, 0.3) is 10.9 Å². The average molecular weight is 321 g/mol. The topological polar surface area (TPSA) is 55.6 Å². The van der Waals surface area contributed by atoms with E-state index >= 15 is 0 Å². The molecular formula is C19H19N3O2. The number of rotatable bonds is 5. The molecule has 24 heavy (non-hydrogen) atoms. The second kappa shape index (κ2) is 7.00. The third kappa shape index (κ3) is 3.01. The maximum atomic E-state index is 12.2. The lowest BCUT2D eigenvalue weighted by Gasteiger charge is -2.05. The first-order valence-electron chi connectivity index (χ1n) is 7.79. The number of hydrogen-bond acceptors (Lipinski definition) is 3. The van der Waals surface area contributed by atoms with E-state index in [1.807, 2.05) is 30.5 Å². The Balaban J connectivity index is 1.81. The number of hydrogen-bond donors (Lipinski definition) is 1. The number of methoxy groups -OCH3 is 1. The minimum absolute atomic E-state index is 0.303. The summed E-state index contributed by atoms with van der Waals surface area (Å²) in [4.78, 5) is 12.2. The normalized spacial score (nSPS) is 11.1. The summed E-state index contributed by atoms with van der Waals surface area (Å²) in [6.07, 6.45) is 3.70. The largest absolute Gasteiger partial charge is 0.496 e. The van der Waals surface area contributed by atoms with Gasteiger partial charge in [-0.3, -0.25) is 4.79 Å². The molecule has 122 valence electrons. The van der Waals surface area contributed by atoms with Gasteiger partial charge in [-0.15, -0.1) is 0 Å². The van der Waals surface area contributed by atoms with Gasteiger partial charge >= 0.3 is 0 Å². The fraction of sp³-hybridized carbons (Fsp3) is 0.158. The molecule has 3 aromatic rings. The van der Waals surface area contributed by atoms with Gasteiger partial charge in [0.1, 0.15) is 5.75 Å². The third-order valence-corrected chi connectivity index (χ3v) is 3.88. The Bertz CT molecular complexity index is 897. The van der Waals surface area contributed by atoms with Crippen LogP contribution in [-0.4, -0.2) is 23.8 Å². The average Bonchev–Trinajstić information content (AvgIpc) is 2.99. The molecule has 1 aromatic heterocycles. The van der Waals surface area contributed by atoms with Gasteiger partial charge in [0.25, 0.3) is 5.91 Å². The van der Waals surface area contributed by atoms with E-state index < -0.39 is 0 Å². The Morgan fingerprint density at radius 3 is 2.75 bits per heavy atom. The van der Waals surface area contributed by atoms with Crippen LogP contribution >= 0.6 is 0 Å². The first-order valence-corrected chi connectivity index (χ1v) is 7.79. The molecule has 0 aliphatic rings. The highest BCUT2D eigenvalue weighted by molar-refractivity contribution is 6.01. The van der Waals surface area contributed by atoms with E-state index in [1.165, 1.54) is 7.11 Å². The number of aromatic nitrogens is 1. The van der Waals surface area contributed by atoms with Crippen molar-refractivity contribution >= 4 is 23.0 Å². The summed E-state index contributed by atoms with van der Waals surface area (Å²) in [6, 6.07) is 15.2. The van der Waals surface area contributed by atoms with Crippen LogP contribution in [0, 0.1) is 0 Å². The van der Waals surface area contributed by atoms with Gasteiger partial charge in [0.05, 0.1) is 18.9 Å². The van der Waals surface area contributed by atoms with Crippen molar-refractivity contribution in [1.82, 2.24) is 9.99 Å². The summed E-state index contributed by atoms with van der Waals surface area (Å²) in [7, 11) is 1.54. The lowest BCUT2D eigenvalue weighted by atomic mass is 10.2. The smallest absolute Gasteiger partial charge is 0.275 e. The van der Waals surface area contributed by atoms with Crippen molar-refractivity contribution in [3.63, 3.8) is 0 Å². The Morgan fingerprint density at radius 1 is 1.21 bits per heavy atom. The third-order valence-electron chi connectivity index (χ3n) is 3.88. The first kappa shape index (κ1) is 15.8. The minimum atomic E-state index is -0.303. The van der Waals surface area contributed by atoms with Crippen molar-refractivity contribution in [3.05, 3.63) is 65.9 Å². The first-order chi connectivity index (χ1) is 11.7. The SMILES string of the molecule is CCn1cc(/C=N\NC(=O)c2ccccc2OC)c2ccccc21. The standard InChI is InChI=1S/C19H19N3O2/c1-3-22-13-14(15-8-4-6-10-17(15)22)12-20-21-19(23)16-9-5-7-11-18(16)24-2/h4-13H,3H2,1-2H3,(H,21,23)/b20-12-. The Labute approximate surface area is 140 Å². The van der Waals surface area contributed by atoms with Gasteiger partial charge in [0.2, 0.25) is 0 Å². The summed E-state index contributed by atoms with van der Waals surface area (Å²) in [5, 5.41) is 5.20. The van der Waals surface area contributed by atoms with Crippen LogP contribution in [0.2, 0.25) is 0 Å². The number of aryl methyl sites for hydroxylation is 1. The molecule has 3 rings (SSSR count). The number of para-hydroxylation sites is 2. The molecule has 5 heteroatoms. The highest BCUT2D eigenvalue weighted by Crippen LogP contribution is 2.20. The van der Waals surface area contributed by atoms with Gasteiger partial charge in [0.15, 0.2) is 0 Å². The number of amides is 1. The number of fused-ring (bicyclic) bond motifs is 1. The molecule has 1 amide bonds. The number of carbonyl (C=O) groups excluding carboxylic acids is 1. The second-order valence-electron chi connectivity index (χ2n) is 5.29. The van der Waals surface area contributed by atoms with E-state index in [9.17, 15) is 4.79 Å². The Kier molecular flexibility index (Phi) is 4.61. The van der Waals surface area contributed by atoms with Gasteiger partial charge < -0.3 is 9.30 Å². The van der Waals surface area contributed by atoms with Crippen molar-refractivity contribution in [1.29, 1.82) is 0 Å². The number of carbonyl (C=O) groups is 1.